The van der Waals surface area contributed by atoms with E-state index in [0.29, 0.717) is 0 Å². The number of hydrogen-bond donors (Lipinski definition) is 0. The lowest BCUT2D eigenvalue weighted by Gasteiger charge is -2.22. The van der Waals surface area contributed by atoms with Gasteiger partial charge in [0, 0.05) is 45.8 Å². The zero-order valence-corrected chi connectivity index (χ0v) is 33.4. The van der Waals surface area contributed by atoms with E-state index >= 15 is 0 Å². The Kier molecular flexibility index (Phi) is 8.00. The highest BCUT2D eigenvalue weighted by Crippen LogP contribution is 2.49. The summed E-state index contributed by atoms with van der Waals surface area (Å²) in [7, 11) is 0. The Morgan fingerprint density at radius 3 is 1.16 bits per heavy atom. The second-order valence-corrected chi connectivity index (χ2v) is 17.9. The van der Waals surface area contributed by atoms with Gasteiger partial charge in [0.15, 0.2) is 0 Å². The van der Waals surface area contributed by atoms with Crippen molar-refractivity contribution in [3.63, 3.8) is 0 Å². The van der Waals surface area contributed by atoms with Crippen molar-refractivity contribution in [2.75, 3.05) is 0 Å². The van der Waals surface area contributed by atoms with E-state index in [0.717, 1.165) is 0 Å². The smallest absolute Gasteiger partial charge is 0.0355 e. The zero-order valence-electron chi connectivity index (χ0n) is 31.8. The molecule has 0 radical (unpaired) electrons. The first-order valence-electron chi connectivity index (χ1n) is 19.6. The molecule has 0 spiro atoms. The van der Waals surface area contributed by atoms with E-state index in [1.807, 2.05) is 22.7 Å². The van der Waals surface area contributed by atoms with E-state index in [1.54, 1.807) is 0 Å². The van der Waals surface area contributed by atoms with E-state index in [-0.39, 0.29) is 5.41 Å². The van der Waals surface area contributed by atoms with Crippen LogP contribution in [0.25, 0.3) is 98.0 Å². The average molecular weight is 763 g/mol. The summed E-state index contributed by atoms with van der Waals surface area (Å²) in [5, 5.41) is 5.36. The fourth-order valence-corrected chi connectivity index (χ4v) is 10.9. The summed E-state index contributed by atoms with van der Waals surface area (Å²) in [4.78, 5) is 0. The SMILES string of the molecule is CC1(C)c2cc(C=Cc3ccc(-c4ccc5sc6ccccc6c5c4)cc3)ccc2-c2ccc(C=Cc3ccc(-c4ccc5sc6ccccc6c5c4)cc3)cc21. The van der Waals surface area contributed by atoms with Crippen LogP contribution in [0.15, 0.2) is 170 Å². The molecule has 0 atom stereocenters. The van der Waals surface area contributed by atoms with Crippen LogP contribution in [0, 0.1) is 0 Å². The van der Waals surface area contributed by atoms with Crippen LogP contribution in [-0.2, 0) is 5.41 Å². The number of hydrogen-bond acceptors (Lipinski definition) is 2. The maximum absolute atomic E-state index is 2.39. The molecule has 2 heteroatoms. The minimum Gasteiger partial charge on any atom is -0.135 e. The van der Waals surface area contributed by atoms with Crippen LogP contribution < -0.4 is 0 Å². The molecular weight excluding hydrogens is 725 g/mol. The van der Waals surface area contributed by atoms with Gasteiger partial charge in [-0.1, -0.05) is 172 Å². The molecular formula is C55H38S2. The topological polar surface area (TPSA) is 0 Å². The monoisotopic (exact) mass is 762 g/mol. The highest BCUT2D eigenvalue weighted by molar-refractivity contribution is 7.26. The summed E-state index contributed by atoms with van der Waals surface area (Å²) in [6.45, 7) is 4.73. The van der Waals surface area contributed by atoms with Gasteiger partial charge in [-0.15, -0.1) is 22.7 Å². The molecule has 8 aromatic carbocycles. The molecule has 1 aliphatic rings. The van der Waals surface area contributed by atoms with Crippen LogP contribution in [-0.4, -0.2) is 0 Å². The maximum atomic E-state index is 2.39. The Labute approximate surface area is 341 Å². The van der Waals surface area contributed by atoms with E-state index in [4.69, 9.17) is 0 Å². The van der Waals surface area contributed by atoms with Gasteiger partial charge in [0.25, 0.3) is 0 Å². The van der Waals surface area contributed by atoms with Gasteiger partial charge >= 0.3 is 0 Å². The van der Waals surface area contributed by atoms with E-state index in [9.17, 15) is 0 Å². The Bertz CT molecular complexity index is 3020. The predicted octanol–water partition coefficient (Wildman–Crippen LogP) is 16.4. The van der Waals surface area contributed by atoms with Gasteiger partial charge in [-0.05, 0) is 103 Å². The molecule has 0 nitrogen and oxygen atoms in total. The molecule has 11 rings (SSSR count). The molecule has 0 bridgehead atoms. The van der Waals surface area contributed by atoms with Gasteiger partial charge in [-0.25, -0.2) is 0 Å². The first-order valence-corrected chi connectivity index (χ1v) is 21.3. The highest BCUT2D eigenvalue weighted by atomic mass is 32.1. The zero-order chi connectivity index (χ0) is 38.1. The van der Waals surface area contributed by atoms with Crippen molar-refractivity contribution < 1.29 is 0 Å². The second-order valence-electron chi connectivity index (χ2n) is 15.8. The Morgan fingerprint density at radius 2 is 0.702 bits per heavy atom. The lowest BCUT2D eigenvalue weighted by atomic mass is 9.81. The molecule has 0 fully saturated rings. The molecule has 2 aromatic heterocycles. The average Bonchev–Trinajstić information content (AvgIpc) is 3.89. The standard InChI is InChI=1S/C55H38S2/c1-55(2)49-31-37(13-11-35-15-21-39(22-16-35)41-25-29-53-47(33-41)45-7-3-5-9-51(45)56-53)19-27-43(49)44-28-20-38(32-50(44)55)14-12-36-17-23-40(24-18-36)42-26-30-54-48(34-42)46-8-4-6-10-52(46)57-54/h3-34H,1-2H3. The summed E-state index contributed by atoms with van der Waals surface area (Å²) in [6.07, 6.45) is 8.96. The molecule has 0 unspecified atom stereocenters. The molecule has 2 heterocycles. The third-order valence-corrected chi connectivity index (χ3v) is 14.2. The quantitative estimate of drug-likeness (QED) is 0.148. The molecule has 0 amide bonds. The van der Waals surface area contributed by atoms with Crippen molar-refractivity contribution in [3.8, 4) is 33.4 Å². The van der Waals surface area contributed by atoms with Gasteiger partial charge in [-0.3, -0.25) is 0 Å². The summed E-state index contributed by atoms with van der Waals surface area (Å²) in [5.41, 5.74) is 15.2. The molecule has 0 aliphatic heterocycles. The van der Waals surface area contributed by atoms with Crippen LogP contribution in [0.3, 0.4) is 0 Å². The van der Waals surface area contributed by atoms with Crippen molar-refractivity contribution >= 4 is 87.3 Å². The number of thiophene rings is 2. The molecule has 0 saturated heterocycles. The van der Waals surface area contributed by atoms with E-state index in [1.165, 1.54) is 107 Å². The van der Waals surface area contributed by atoms with E-state index in [2.05, 4.69) is 208 Å². The van der Waals surface area contributed by atoms with Crippen molar-refractivity contribution in [2.45, 2.75) is 19.3 Å². The van der Waals surface area contributed by atoms with Crippen molar-refractivity contribution in [1.29, 1.82) is 0 Å². The van der Waals surface area contributed by atoms with Gasteiger partial charge in [0.05, 0.1) is 0 Å². The van der Waals surface area contributed by atoms with Gasteiger partial charge in [-0.2, -0.15) is 0 Å². The Morgan fingerprint density at radius 1 is 0.333 bits per heavy atom. The molecule has 0 saturated carbocycles. The van der Waals surface area contributed by atoms with Crippen LogP contribution in [0.1, 0.15) is 47.2 Å². The number of benzene rings is 8. The largest absolute Gasteiger partial charge is 0.135 e. The summed E-state index contributed by atoms with van der Waals surface area (Å²) >= 11 is 3.73. The van der Waals surface area contributed by atoms with Crippen molar-refractivity contribution in [1.82, 2.24) is 0 Å². The molecule has 0 N–H and O–H groups in total. The minimum absolute atomic E-state index is 0.0918. The lowest BCUT2D eigenvalue weighted by molar-refractivity contribution is 0.660. The summed E-state index contributed by atoms with van der Waals surface area (Å²) in [6, 6.07) is 62.9. The Balaban J connectivity index is 0.795. The van der Waals surface area contributed by atoms with Crippen LogP contribution in [0.2, 0.25) is 0 Å². The van der Waals surface area contributed by atoms with Crippen LogP contribution >= 0.6 is 22.7 Å². The molecule has 1 aliphatic carbocycles. The first-order chi connectivity index (χ1) is 27.9. The third kappa shape index (κ3) is 5.96. The normalized spacial score (nSPS) is 13.4. The number of fused-ring (bicyclic) bond motifs is 9. The predicted molar refractivity (Wildman–Crippen MR) is 251 cm³/mol. The second kappa shape index (κ2) is 13.4. The van der Waals surface area contributed by atoms with Crippen LogP contribution in [0.5, 0.6) is 0 Å². The highest BCUT2D eigenvalue weighted by Gasteiger charge is 2.35. The van der Waals surface area contributed by atoms with Crippen molar-refractivity contribution in [3.05, 3.63) is 203 Å². The maximum Gasteiger partial charge on any atom is 0.0355 e. The fourth-order valence-electron chi connectivity index (χ4n) is 8.75. The van der Waals surface area contributed by atoms with Crippen LogP contribution in [0.4, 0.5) is 0 Å². The minimum atomic E-state index is -0.0918. The summed E-state index contributed by atoms with van der Waals surface area (Å²) in [5.74, 6) is 0. The first kappa shape index (κ1) is 34.0. The fraction of sp³-hybridized carbons (Fsp3) is 0.0545. The molecule has 10 aromatic rings. The van der Waals surface area contributed by atoms with Gasteiger partial charge < -0.3 is 0 Å². The molecule has 270 valence electrons. The molecule has 57 heavy (non-hydrogen) atoms. The Hall–Kier alpha value is -6.32. The number of rotatable bonds is 6. The summed E-state index contributed by atoms with van der Waals surface area (Å²) < 4.78 is 5.37. The van der Waals surface area contributed by atoms with Gasteiger partial charge in [0.2, 0.25) is 0 Å². The lowest BCUT2D eigenvalue weighted by Crippen LogP contribution is -2.15. The third-order valence-electron chi connectivity index (χ3n) is 11.9. The van der Waals surface area contributed by atoms with E-state index < -0.39 is 0 Å². The van der Waals surface area contributed by atoms with Crippen molar-refractivity contribution in [2.24, 2.45) is 0 Å². The van der Waals surface area contributed by atoms with Gasteiger partial charge in [0.1, 0.15) is 0 Å².